The number of rotatable bonds is 3. The zero-order valence-electron chi connectivity index (χ0n) is 8.55. The number of benzene rings is 1. The van der Waals surface area contributed by atoms with Crippen LogP contribution in [0.4, 0.5) is 5.69 Å². The third-order valence-corrected chi connectivity index (χ3v) is 3.48. The van der Waals surface area contributed by atoms with E-state index in [0.717, 1.165) is 6.54 Å². The van der Waals surface area contributed by atoms with E-state index in [-0.39, 0.29) is 0 Å². The van der Waals surface area contributed by atoms with Crippen LogP contribution >= 0.6 is 22.6 Å². The van der Waals surface area contributed by atoms with Crippen LogP contribution in [-0.4, -0.2) is 4.98 Å². The number of aromatic nitrogens is 1. The van der Waals surface area contributed by atoms with Crippen molar-refractivity contribution >= 4 is 28.3 Å². The Labute approximate surface area is 103 Å². The second-order valence-electron chi connectivity index (χ2n) is 3.51. The molecule has 2 rings (SSSR count). The van der Waals surface area contributed by atoms with Crippen molar-refractivity contribution in [1.82, 2.24) is 4.98 Å². The molecule has 1 aromatic carbocycles. The number of aryl methyl sites for hydroxylation is 1. The third kappa shape index (κ3) is 2.75. The number of hydrogen-bond donors (Lipinski definition) is 2. The average molecular weight is 312 g/mol. The number of aromatic amines is 1. The largest absolute Gasteiger partial charge is 0.379 e. The normalized spacial score (nSPS) is 10.3. The second-order valence-corrected chi connectivity index (χ2v) is 4.68. The minimum Gasteiger partial charge on any atom is -0.379 e. The van der Waals surface area contributed by atoms with Gasteiger partial charge >= 0.3 is 0 Å². The van der Waals surface area contributed by atoms with E-state index < -0.39 is 0 Å². The lowest BCUT2D eigenvalue weighted by atomic mass is 10.2. The van der Waals surface area contributed by atoms with Crippen molar-refractivity contribution in [2.45, 2.75) is 13.5 Å². The molecule has 0 aliphatic heterocycles. The maximum Gasteiger partial charge on any atom is 0.0551 e. The highest BCUT2D eigenvalue weighted by atomic mass is 127. The van der Waals surface area contributed by atoms with Gasteiger partial charge in [-0.1, -0.05) is 6.07 Å². The van der Waals surface area contributed by atoms with Gasteiger partial charge in [0.2, 0.25) is 0 Å². The molecule has 1 aromatic heterocycles. The van der Waals surface area contributed by atoms with Gasteiger partial charge in [0.05, 0.1) is 6.54 Å². The van der Waals surface area contributed by atoms with Crippen molar-refractivity contribution in [2.24, 2.45) is 0 Å². The van der Waals surface area contributed by atoms with E-state index in [1.54, 1.807) is 0 Å². The summed E-state index contributed by atoms with van der Waals surface area (Å²) in [4.78, 5) is 3.17. The van der Waals surface area contributed by atoms with Gasteiger partial charge in [0.1, 0.15) is 0 Å². The molecule has 3 heteroatoms. The van der Waals surface area contributed by atoms with Crippen LogP contribution in [0, 0.1) is 10.5 Å². The summed E-state index contributed by atoms with van der Waals surface area (Å²) in [6, 6.07) is 10.5. The molecule has 1 heterocycles. The molecule has 0 aliphatic rings. The number of halogens is 1. The Hall–Kier alpha value is -0.970. The van der Waals surface area contributed by atoms with Crippen molar-refractivity contribution in [3.63, 3.8) is 0 Å². The Bertz CT molecular complexity index is 435. The Morgan fingerprint density at radius 1 is 1.33 bits per heavy atom. The van der Waals surface area contributed by atoms with Gasteiger partial charge in [-0.3, -0.25) is 0 Å². The number of hydrogen-bond acceptors (Lipinski definition) is 1. The van der Waals surface area contributed by atoms with Gasteiger partial charge < -0.3 is 10.3 Å². The topological polar surface area (TPSA) is 27.8 Å². The van der Waals surface area contributed by atoms with E-state index >= 15 is 0 Å². The molecule has 0 unspecified atom stereocenters. The first kappa shape index (κ1) is 10.5. The first-order valence-electron chi connectivity index (χ1n) is 4.88. The van der Waals surface area contributed by atoms with Gasteiger partial charge in [-0.25, -0.2) is 0 Å². The standard InChI is InChI=1S/C12H13IN2/c1-9-4-5-10(7-12(9)13)15-8-11-3-2-6-14-11/h2-7,14-15H,8H2,1H3. The van der Waals surface area contributed by atoms with Crippen LogP contribution in [0.5, 0.6) is 0 Å². The molecule has 0 atom stereocenters. The average Bonchev–Trinajstić information content (AvgIpc) is 2.73. The van der Waals surface area contributed by atoms with Crippen molar-refractivity contribution < 1.29 is 0 Å². The lowest BCUT2D eigenvalue weighted by Gasteiger charge is -2.06. The Morgan fingerprint density at radius 3 is 2.87 bits per heavy atom. The first-order valence-corrected chi connectivity index (χ1v) is 5.96. The van der Waals surface area contributed by atoms with Crippen LogP contribution in [0.25, 0.3) is 0 Å². The van der Waals surface area contributed by atoms with Crippen LogP contribution in [0.3, 0.4) is 0 Å². The molecule has 78 valence electrons. The summed E-state index contributed by atoms with van der Waals surface area (Å²) in [5.41, 5.74) is 3.69. The predicted molar refractivity (Wildman–Crippen MR) is 72.0 cm³/mol. The van der Waals surface area contributed by atoms with Crippen molar-refractivity contribution in [3.8, 4) is 0 Å². The molecule has 0 radical (unpaired) electrons. The maximum atomic E-state index is 3.38. The molecular formula is C12H13IN2. The van der Waals surface area contributed by atoms with Crippen LogP contribution in [0.15, 0.2) is 36.5 Å². The molecule has 0 fully saturated rings. The molecule has 0 amide bonds. The van der Waals surface area contributed by atoms with Crippen LogP contribution in [0.2, 0.25) is 0 Å². The van der Waals surface area contributed by atoms with Gasteiger partial charge in [-0.15, -0.1) is 0 Å². The molecule has 0 saturated carbocycles. The van der Waals surface area contributed by atoms with E-state index in [9.17, 15) is 0 Å². The minimum absolute atomic E-state index is 0.839. The van der Waals surface area contributed by atoms with Crippen LogP contribution in [0.1, 0.15) is 11.3 Å². The summed E-state index contributed by atoms with van der Waals surface area (Å²) in [6.07, 6.45) is 1.94. The van der Waals surface area contributed by atoms with Crippen molar-refractivity contribution in [2.75, 3.05) is 5.32 Å². The maximum absolute atomic E-state index is 3.38. The summed E-state index contributed by atoms with van der Waals surface area (Å²) in [6.45, 7) is 2.96. The summed E-state index contributed by atoms with van der Waals surface area (Å²) in [5, 5.41) is 3.38. The quantitative estimate of drug-likeness (QED) is 0.834. The predicted octanol–water partition coefficient (Wildman–Crippen LogP) is 3.54. The molecule has 2 N–H and O–H groups in total. The Kier molecular flexibility index (Phi) is 3.30. The van der Waals surface area contributed by atoms with Crippen molar-refractivity contribution in [3.05, 3.63) is 51.4 Å². The molecule has 0 saturated heterocycles. The van der Waals surface area contributed by atoms with E-state index in [1.807, 2.05) is 12.3 Å². The fourth-order valence-electron chi connectivity index (χ4n) is 1.38. The van der Waals surface area contributed by atoms with Gasteiger partial charge in [-0.2, -0.15) is 0 Å². The lowest BCUT2D eigenvalue weighted by molar-refractivity contribution is 1.07. The van der Waals surface area contributed by atoms with Gasteiger partial charge in [-0.05, 0) is 59.3 Å². The molecule has 0 spiro atoms. The zero-order chi connectivity index (χ0) is 10.7. The minimum atomic E-state index is 0.839. The molecule has 2 nitrogen and oxygen atoms in total. The highest BCUT2D eigenvalue weighted by Gasteiger charge is 1.97. The fourth-order valence-corrected chi connectivity index (χ4v) is 1.89. The van der Waals surface area contributed by atoms with Gasteiger partial charge in [0.25, 0.3) is 0 Å². The van der Waals surface area contributed by atoms with Gasteiger partial charge in [0, 0.05) is 21.1 Å². The lowest BCUT2D eigenvalue weighted by Crippen LogP contribution is -1.99. The van der Waals surface area contributed by atoms with E-state index in [1.165, 1.54) is 20.5 Å². The number of nitrogens with one attached hydrogen (secondary N) is 2. The molecular weight excluding hydrogens is 299 g/mol. The van der Waals surface area contributed by atoms with E-state index in [4.69, 9.17) is 0 Å². The molecule has 0 bridgehead atoms. The number of anilines is 1. The summed E-state index contributed by atoms with van der Waals surface area (Å²) in [5.74, 6) is 0. The van der Waals surface area contributed by atoms with E-state index in [0.29, 0.717) is 0 Å². The van der Waals surface area contributed by atoms with Crippen molar-refractivity contribution in [1.29, 1.82) is 0 Å². The smallest absolute Gasteiger partial charge is 0.0551 e. The van der Waals surface area contributed by atoms with Crippen LogP contribution in [-0.2, 0) is 6.54 Å². The fraction of sp³-hybridized carbons (Fsp3) is 0.167. The highest BCUT2D eigenvalue weighted by Crippen LogP contribution is 2.17. The Balaban J connectivity index is 2.02. The summed E-state index contributed by atoms with van der Waals surface area (Å²) in [7, 11) is 0. The SMILES string of the molecule is Cc1ccc(NCc2ccc[nH]2)cc1I. The Morgan fingerprint density at radius 2 is 2.20 bits per heavy atom. The third-order valence-electron chi connectivity index (χ3n) is 2.32. The molecule has 15 heavy (non-hydrogen) atoms. The second kappa shape index (κ2) is 4.70. The monoisotopic (exact) mass is 312 g/mol. The van der Waals surface area contributed by atoms with E-state index in [2.05, 4.69) is 64.1 Å². The number of H-pyrrole nitrogens is 1. The summed E-state index contributed by atoms with van der Waals surface area (Å²) < 4.78 is 1.30. The first-order chi connectivity index (χ1) is 7.25. The highest BCUT2D eigenvalue weighted by molar-refractivity contribution is 14.1. The molecule has 2 aromatic rings. The molecule has 0 aliphatic carbocycles. The van der Waals surface area contributed by atoms with Gasteiger partial charge in [0.15, 0.2) is 0 Å². The summed E-state index contributed by atoms with van der Waals surface area (Å²) >= 11 is 2.36. The zero-order valence-corrected chi connectivity index (χ0v) is 10.7. The van der Waals surface area contributed by atoms with Crippen LogP contribution < -0.4 is 5.32 Å².